The van der Waals surface area contributed by atoms with Crippen molar-refractivity contribution >= 4 is 28.8 Å². The zero-order valence-electron chi connectivity index (χ0n) is 31.2. The van der Waals surface area contributed by atoms with Gasteiger partial charge in [-0.1, -0.05) is 19.3 Å². The monoisotopic (exact) mass is 718 g/mol. The summed E-state index contributed by atoms with van der Waals surface area (Å²) in [6.07, 6.45) is 9.08. The van der Waals surface area contributed by atoms with Crippen molar-refractivity contribution in [3.05, 3.63) is 23.8 Å². The number of amides is 2. The van der Waals surface area contributed by atoms with Crippen molar-refractivity contribution in [1.29, 1.82) is 0 Å². The Morgan fingerprint density at radius 1 is 0.784 bits per heavy atom. The third-order valence-electron chi connectivity index (χ3n) is 11.6. The van der Waals surface area contributed by atoms with Gasteiger partial charge in [-0.2, -0.15) is 13.2 Å². The van der Waals surface area contributed by atoms with Crippen LogP contribution in [0.15, 0.2) is 18.2 Å². The van der Waals surface area contributed by atoms with Crippen LogP contribution in [0.2, 0.25) is 0 Å². The van der Waals surface area contributed by atoms with Crippen molar-refractivity contribution in [2.75, 3.05) is 44.2 Å². The number of hydrogen-bond donors (Lipinski definition) is 4. The van der Waals surface area contributed by atoms with Gasteiger partial charge in [0, 0.05) is 56.9 Å². The van der Waals surface area contributed by atoms with E-state index in [1.54, 1.807) is 0 Å². The molecule has 0 radical (unpaired) electrons. The first-order valence-corrected chi connectivity index (χ1v) is 19.6. The van der Waals surface area contributed by atoms with E-state index in [2.05, 4.69) is 63.4 Å². The minimum atomic E-state index is -4.41. The quantitative estimate of drug-likeness (QED) is 0.259. The Bertz CT molecular complexity index is 1390. The van der Waals surface area contributed by atoms with Crippen LogP contribution in [-0.4, -0.2) is 107 Å². The summed E-state index contributed by atoms with van der Waals surface area (Å²) in [5.74, 6) is 0.605. The van der Waals surface area contributed by atoms with Crippen molar-refractivity contribution in [2.45, 2.75) is 147 Å². The Morgan fingerprint density at radius 3 is 1.94 bits per heavy atom. The van der Waals surface area contributed by atoms with Crippen molar-refractivity contribution < 1.29 is 22.8 Å². The van der Waals surface area contributed by atoms with Gasteiger partial charge < -0.3 is 25.8 Å². The molecule has 6 atom stereocenters. The average Bonchev–Trinajstić information content (AvgIpc) is 3.55. The Hall–Kier alpha value is -2.90. The first kappa shape index (κ1) is 39.3. The molecule has 4 saturated heterocycles. The van der Waals surface area contributed by atoms with Gasteiger partial charge in [-0.3, -0.25) is 19.4 Å². The number of aromatic nitrogens is 2. The van der Waals surface area contributed by atoms with Crippen LogP contribution < -0.4 is 20.9 Å². The number of H-pyrrole nitrogens is 1. The van der Waals surface area contributed by atoms with Crippen LogP contribution in [0, 0.1) is 0 Å². The van der Waals surface area contributed by atoms with Crippen LogP contribution in [-0.2, 0) is 15.8 Å². The SMILES string of the molecule is C[C@@H]1CCC[C@H](C)N1CCNC(=O)[C@@H]1CCCCN1.C[C@@H]1CCC[C@H](C)N1CCNC(=O)[C@@H]1CCCCN1c1nc2ccc(C(F)(F)F)cc2[nH]1. The zero-order valence-corrected chi connectivity index (χ0v) is 31.2. The molecule has 4 aliphatic rings. The number of aromatic amines is 1. The zero-order chi connectivity index (χ0) is 36.5. The van der Waals surface area contributed by atoms with Gasteiger partial charge in [0.2, 0.25) is 17.8 Å². The molecule has 4 aliphatic heterocycles. The molecule has 0 unspecified atom stereocenters. The highest BCUT2D eigenvalue weighted by atomic mass is 19.4. The summed E-state index contributed by atoms with van der Waals surface area (Å²) in [6, 6.07) is 5.53. The fraction of sp³-hybridized carbons (Fsp3) is 0.763. The van der Waals surface area contributed by atoms with E-state index in [0.29, 0.717) is 60.7 Å². The van der Waals surface area contributed by atoms with Crippen LogP contribution in [0.4, 0.5) is 19.1 Å². The number of halogens is 3. The van der Waals surface area contributed by atoms with Gasteiger partial charge in [-0.15, -0.1) is 0 Å². The number of benzene rings is 1. The molecule has 13 heteroatoms. The summed E-state index contributed by atoms with van der Waals surface area (Å²) < 4.78 is 39.1. The Morgan fingerprint density at radius 2 is 1.37 bits per heavy atom. The number of likely N-dealkylation sites (tertiary alicyclic amines) is 2. The fourth-order valence-corrected chi connectivity index (χ4v) is 8.53. The van der Waals surface area contributed by atoms with Gasteiger partial charge in [0.15, 0.2) is 0 Å². The van der Waals surface area contributed by atoms with Gasteiger partial charge >= 0.3 is 6.18 Å². The highest BCUT2D eigenvalue weighted by Crippen LogP contribution is 2.32. The van der Waals surface area contributed by atoms with E-state index >= 15 is 0 Å². The molecule has 0 spiro atoms. The van der Waals surface area contributed by atoms with Crippen molar-refractivity contribution in [3.8, 4) is 0 Å². The van der Waals surface area contributed by atoms with Gasteiger partial charge in [0.1, 0.15) is 6.04 Å². The standard InChI is InChI=1S/C23H32F3N5O.C15H29N3O/c1-15-6-5-7-16(2)30(15)13-11-27-21(32)20-8-3-4-12-31(20)22-28-18-10-9-17(23(24,25)26)14-19(18)29-22;1-12-6-5-7-13(2)18(12)11-10-17-15(19)14-8-3-4-9-16-14/h9-10,14-16,20H,3-8,11-13H2,1-2H3,(H,27,32)(H,28,29);12-14,16H,3-11H2,1-2H3,(H,17,19)/t15-,16+,20-;12-,13+,14-/m00/s1. The third kappa shape index (κ3) is 10.6. The Kier molecular flexibility index (Phi) is 14.1. The molecular weight excluding hydrogens is 657 g/mol. The summed E-state index contributed by atoms with van der Waals surface area (Å²) in [5, 5.41) is 9.49. The maximum Gasteiger partial charge on any atom is 0.416 e. The predicted molar refractivity (Wildman–Crippen MR) is 197 cm³/mol. The molecule has 2 aromatic rings. The number of rotatable bonds is 9. The first-order chi connectivity index (χ1) is 24.4. The highest BCUT2D eigenvalue weighted by molar-refractivity contribution is 5.86. The van der Waals surface area contributed by atoms with Crippen molar-refractivity contribution in [3.63, 3.8) is 0 Å². The number of anilines is 1. The number of carbonyl (C=O) groups excluding carboxylic acids is 2. The molecule has 4 fully saturated rings. The van der Waals surface area contributed by atoms with E-state index in [-0.39, 0.29) is 23.9 Å². The largest absolute Gasteiger partial charge is 0.416 e. The molecular formula is C38H61F3N8O2. The molecule has 1 aromatic heterocycles. The minimum absolute atomic E-state index is 0.0431. The maximum absolute atomic E-state index is 13.0. The van der Waals surface area contributed by atoms with Gasteiger partial charge in [-0.05, 0) is 110 Å². The normalized spacial score (nSPS) is 28.2. The number of fused-ring (bicyclic) bond motifs is 1. The lowest BCUT2D eigenvalue weighted by Crippen LogP contribution is -2.52. The van der Waals surface area contributed by atoms with Crippen LogP contribution in [0.5, 0.6) is 0 Å². The maximum atomic E-state index is 13.0. The molecule has 0 aliphatic carbocycles. The van der Waals surface area contributed by atoms with E-state index < -0.39 is 11.7 Å². The minimum Gasteiger partial charge on any atom is -0.353 e. The first-order valence-electron chi connectivity index (χ1n) is 19.6. The lowest BCUT2D eigenvalue weighted by atomic mass is 9.97. The number of piperidine rings is 4. The second-order valence-corrected chi connectivity index (χ2v) is 15.3. The summed E-state index contributed by atoms with van der Waals surface area (Å²) >= 11 is 0. The van der Waals surface area contributed by atoms with E-state index in [9.17, 15) is 22.8 Å². The van der Waals surface area contributed by atoms with Crippen molar-refractivity contribution in [2.24, 2.45) is 0 Å². The van der Waals surface area contributed by atoms with Gasteiger partial charge in [0.05, 0.1) is 22.6 Å². The molecule has 1 aromatic carbocycles. The van der Waals surface area contributed by atoms with Crippen molar-refractivity contribution in [1.82, 2.24) is 35.7 Å². The Balaban J connectivity index is 0.000000226. The average molecular weight is 719 g/mol. The molecule has 286 valence electrons. The van der Waals surface area contributed by atoms with Crippen LogP contribution >= 0.6 is 0 Å². The molecule has 51 heavy (non-hydrogen) atoms. The summed E-state index contributed by atoms with van der Waals surface area (Å²) in [5.41, 5.74) is 0.0766. The lowest BCUT2D eigenvalue weighted by molar-refractivity contribution is -0.137. The second kappa shape index (κ2) is 18.2. The fourth-order valence-electron chi connectivity index (χ4n) is 8.53. The van der Waals surface area contributed by atoms with E-state index in [1.165, 1.54) is 57.4 Å². The molecule has 0 saturated carbocycles. The molecule has 6 rings (SSSR count). The van der Waals surface area contributed by atoms with E-state index in [4.69, 9.17) is 0 Å². The highest BCUT2D eigenvalue weighted by Gasteiger charge is 2.33. The molecule has 10 nitrogen and oxygen atoms in total. The number of nitrogens with one attached hydrogen (secondary N) is 4. The molecule has 4 N–H and O–H groups in total. The Labute approximate surface area is 302 Å². The number of hydrogen-bond acceptors (Lipinski definition) is 7. The number of nitrogens with zero attached hydrogens (tertiary/aromatic N) is 4. The van der Waals surface area contributed by atoms with E-state index in [0.717, 1.165) is 57.6 Å². The molecule has 0 bridgehead atoms. The summed E-state index contributed by atoms with van der Waals surface area (Å²) in [6.45, 7) is 13.9. The molecule has 5 heterocycles. The number of alkyl halides is 3. The number of carbonyl (C=O) groups is 2. The summed E-state index contributed by atoms with van der Waals surface area (Å²) in [4.78, 5) is 39.4. The second-order valence-electron chi connectivity index (χ2n) is 15.3. The van der Waals surface area contributed by atoms with Gasteiger partial charge in [-0.25, -0.2) is 4.98 Å². The predicted octanol–water partition coefficient (Wildman–Crippen LogP) is 5.83. The van der Waals surface area contributed by atoms with Gasteiger partial charge in [0.25, 0.3) is 0 Å². The summed E-state index contributed by atoms with van der Waals surface area (Å²) in [7, 11) is 0. The van der Waals surface area contributed by atoms with Crippen LogP contribution in [0.1, 0.15) is 110 Å². The van der Waals surface area contributed by atoms with E-state index in [1.807, 2.05) is 4.90 Å². The van der Waals surface area contributed by atoms with Crippen LogP contribution in [0.3, 0.4) is 0 Å². The third-order valence-corrected chi connectivity index (χ3v) is 11.6. The lowest BCUT2D eigenvalue weighted by Gasteiger charge is -2.39. The smallest absolute Gasteiger partial charge is 0.353 e. The topological polar surface area (TPSA) is 109 Å². The van der Waals surface area contributed by atoms with Crippen LogP contribution in [0.25, 0.3) is 11.0 Å². The number of imidazole rings is 1. The molecule has 2 amide bonds.